The van der Waals surface area contributed by atoms with E-state index in [4.69, 9.17) is 0 Å². The first kappa shape index (κ1) is 14.3. The summed E-state index contributed by atoms with van der Waals surface area (Å²) in [5.41, 5.74) is 0.229. The van der Waals surface area contributed by atoms with Crippen molar-refractivity contribution in [3.05, 3.63) is 0 Å². The van der Waals surface area contributed by atoms with E-state index in [-0.39, 0.29) is 10.7 Å². The molecule has 0 aromatic rings. The van der Waals surface area contributed by atoms with Crippen molar-refractivity contribution in [2.75, 3.05) is 31.9 Å². The predicted molar refractivity (Wildman–Crippen MR) is 74.5 cm³/mol. The lowest BCUT2D eigenvalue weighted by Crippen LogP contribution is -2.57. The van der Waals surface area contributed by atoms with Gasteiger partial charge in [0.1, 0.15) is 0 Å². The Kier molecular flexibility index (Phi) is 4.04. The Morgan fingerprint density at radius 3 is 2.61 bits per heavy atom. The highest BCUT2D eigenvalue weighted by Crippen LogP contribution is 2.24. The molecule has 106 valence electrons. The average molecular weight is 274 g/mol. The number of nitrogens with zero attached hydrogens (tertiary/aromatic N) is 1. The summed E-state index contributed by atoms with van der Waals surface area (Å²) in [6, 6.07) is 0.454. The summed E-state index contributed by atoms with van der Waals surface area (Å²) < 4.78 is 23.7. The first-order chi connectivity index (χ1) is 8.29. The van der Waals surface area contributed by atoms with Crippen LogP contribution in [-0.4, -0.2) is 56.5 Å². The standard InChI is InChI=1S/C13H26N2O2S/c1-13(2,3)12-10-15(7-6-14-12)9-11-5-4-8-18(11,16)17/h11-12,14H,4-10H2,1-3H3. The molecule has 2 aliphatic rings. The van der Waals surface area contributed by atoms with Gasteiger partial charge < -0.3 is 5.32 Å². The van der Waals surface area contributed by atoms with Crippen molar-refractivity contribution in [2.24, 2.45) is 5.41 Å². The number of piperazine rings is 1. The zero-order valence-electron chi connectivity index (χ0n) is 11.8. The van der Waals surface area contributed by atoms with Crippen LogP contribution in [-0.2, 0) is 9.84 Å². The molecule has 0 amide bonds. The Bertz CT molecular complexity index is 386. The summed E-state index contributed by atoms with van der Waals surface area (Å²) in [6.07, 6.45) is 1.70. The summed E-state index contributed by atoms with van der Waals surface area (Å²) in [5, 5.41) is 3.43. The number of hydrogen-bond acceptors (Lipinski definition) is 4. The Morgan fingerprint density at radius 2 is 2.06 bits per heavy atom. The minimum Gasteiger partial charge on any atom is -0.311 e. The van der Waals surface area contributed by atoms with Gasteiger partial charge >= 0.3 is 0 Å². The molecule has 18 heavy (non-hydrogen) atoms. The highest BCUT2D eigenvalue weighted by atomic mass is 32.2. The minimum atomic E-state index is -2.80. The second-order valence-corrected chi connectivity index (χ2v) is 9.16. The molecular formula is C13H26N2O2S. The maximum Gasteiger partial charge on any atom is 0.154 e. The monoisotopic (exact) mass is 274 g/mol. The smallest absolute Gasteiger partial charge is 0.154 e. The van der Waals surface area contributed by atoms with Gasteiger partial charge in [-0.1, -0.05) is 20.8 Å². The molecule has 2 rings (SSSR count). The fourth-order valence-electron chi connectivity index (χ4n) is 2.91. The number of hydrogen-bond donors (Lipinski definition) is 1. The third-order valence-electron chi connectivity index (χ3n) is 4.23. The van der Waals surface area contributed by atoms with Gasteiger partial charge in [0, 0.05) is 32.2 Å². The summed E-state index contributed by atoms with van der Waals surface area (Å²) in [7, 11) is -2.80. The van der Waals surface area contributed by atoms with Crippen LogP contribution in [0.3, 0.4) is 0 Å². The summed E-state index contributed by atoms with van der Waals surface area (Å²) in [5.74, 6) is 0.395. The molecule has 0 aromatic carbocycles. The molecule has 2 unspecified atom stereocenters. The Balaban J connectivity index is 1.94. The molecule has 2 atom stereocenters. The maximum absolute atomic E-state index is 11.9. The van der Waals surface area contributed by atoms with E-state index in [2.05, 4.69) is 31.0 Å². The van der Waals surface area contributed by atoms with Crippen molar-refractivity contribution < 1.29 is 8.42 Å². The lowest BCUT2D eigenvalue weighted by Gasteiger charge is -2.41. The van der Waals surface area contributed by atoms with Crippen LogP contribution in [0.15, 0.2) is 0 Å². The van der Waals surface area contributed by atoms with Crippen LogP contribution in [0, 0.1) is 5.41 Å². The molecule has 0 spiro atoms. The van der Waals surface area contributed by atoms with Gasteiger partial charge in [-0.05, 0) is 18.3 Å². The van der Waals surface area contributed by atoms with Crippen molar-refractivity contribution in [3.8, 4) is 0 Å². The highest BCUT2D eigenvalue weighted by molar-refractivity contribution is 7.92. The molecule has 2 saturated heterocycles. The van der Waals surface area contributed by atoms with Crippen LogP contribution >= 0.6 is 0 Å². The molecule has 2 aliphatic heterocycles. The molecule has 0 aliphatic carbocycles. The SMILES string of the molecule is CC(C)(C)C1CN(CC2CCCS2(=O)=O)CCN1. The topological polar surface area (TPSA) is 49.4 Å². The molecule has 2 fully saturated rings. The molecule has 0 aromatic heterocycles. The second-order valence-electron chi connectivity index (χ2n) is 6.76. The first-order valence-electron chi connectivity index (χ1n) is 6.96. The molecule has 0 radical (unpaired) electrons. The third kappa shape index (κ3) is 3.25. The van der Waals surface area contributed by atoms with Crippen LogP contribution in [0.2, 0.25) is 0 Å². The first-order valence-corrected chi connectivity index (χ1v) is 8.68. The van der Waals surface area contributed by atoms with Gasteiger partial charge in [-0.2, -0.15) is 0 Å². The quantitative estimate of drug-likeness (QED) is 0.812. The minimum absolute atomic E-state index is 0.115. The maximum atomic E-state index is 11.9. The molecule has 5 heteroatoms. The van der Waals surface area contributed by atoms with Gasteiger partial charge in [0.2, 0.25) is 0 Å². The molecule has 1 N–H and O–H groups in total. The zero-order chi connectivity index (χ0) is 13.4. The van der Waals surface area contributed by atoms with Crippen molar-refractivity contribution in [1.82, 2.24) is 10.2 Å². The van der Waals surface area contributed by atoms with E-state index >= 15 is 0 Å². The van der Waals surface area contributed by atoms with Gasteiger partial charge in [0.05, 0.1) is 11.0 Å². The predicted octanol–water partition coefficient (Wildman–Crippen LogP) is 0.884. The van der Waals surface area contributed by atoms with Crippen molar-refractivity contribution in [2.45, 2.75) is 44.9 Å². The number of sulfone groups is 1. The van der Waals surface area contributed by atoms with Crippen molar-refractivity contribution in [1.29, 1.82) is 0 Å². The highest BCUT2D eigenvalue weighted by Gasteiger charge is 2.35. The van der Waals surface area contributed by atoms with Crippen LogP contribution < -0.4 is 5.32 Å². The van der Waals surface area contributed by atoms with Gasteiger partial charge in [-0.25, -0.2) is 8.42 Å². The summed E-state index contributed by atoms with van der Waals surface area (Å²) in [6.45, 7) is 10.3. The van der Waals surface area contributed by atoms with Gasteiger partial charge in [-0.15, -0.1) is 0 Å². The van der Waals surface area contributed by atoms with E-state index in [1.165, 1.54) is 0 Å². The molecular weight excluding hydrogens is 248 g/mol. The van der Waals surface area contributed by atoms with E-state index in [9.17, 15) is 8.42 Å². The Labute approximate surface area is 111 Å². The van der Waals surface area contributed by atoms with E-state index < -0.39 is 9.84 Å². The fraction of sp³-hybridized carbons (Fsp3) is 1.00. The third-order valence-corrected chi connectivity index (χ3v) is 6.49. The van der Waals surface area contributed by atoms with Gasteiger partial charge in [0.15, 0.2) is 9.84 Å². The van der Waals surface area contributed by atoms with Crippen LogP contribution in [0.5, 0.6) is 0 Å². The van der Waals surface area contributed by atoms with E-state index in [1.54, 1.807) is 0 Å². The number of rotatable bonds is 2. The lowest BCUT2D eigenvalue weighted by molar-refractivity contribution is 0.134. The van der Waals surface area contributed by atoms with Crippen LogP contribution in [0.1, 0.15) is 33.6 Å². The molecule has 0 bridgehead atoms. The lowest BCUT2D eigenvalue weighted by atomic mass is 9.85. The second kappa shape index (κ2) is 5.10. The molecule has 0 saturated carbocycles. The zero-order valence-corrected chi connectivity index (χ0v) is 12.6. The van der Waals surface area contributed by atoms with Crippen LogP contribution in [0.25, 0.3) is 0 Å². The number of nitrogens with one attached hydrogen (secondary N) is 1. The normalized spacial score (nSPS) is 33.7. The van der Waals surface area contributed by atoms with Gasteiger partial charge in [0.25, 0.3) is 0 Å². The average Bonchev–Trinajstić information content (AvgIpc) is 2.58. The van der Waals surface area contributed by atoms with Crippen LogP contribution in [0.4, 0.5) is 0 Å². The van der Waals surface area contributed by atoms with E-state index in [0.717, 1.165) is 39.0 Å². The Morgan fingerprint density at radius 1 is 1.33 bits per heavy atom. The molecule has 4 nitrogen and oxygen atoms in total. The van der Waals surface area contributed by atoms with E-state index in [1.807, 2.05) is 0 Å². The summed E-state index contributed by atoms with van der Waals surface area (Å²) >= 11 is 0. The van der Waals surface area contributed by atoms with Crippen molar-refractivity contribution >= 4 is 9.84 Å². The fourth-order valence-corrected chi connectivity index (χ4v) is 4.77. The summed E-state index contributed by atoms with van der Waals surface area (Å²) in [4.78, 5) is 2.33. The van der Waals surface area contributed by atoms with E-state index in [0.29, 0.717) is 11.8 Å². The largest absolute Gasteiger partial charge is 0.311 e. The van der Waals surface area contributed by atoms with Gasteiger partial charge in [-0.3, -0.25) is 4.90 Å². The Hall–Kier alpha value is -0.130. The van der Waals surface area contributed by atoms with Crippen molar-refractivity contribution in [3.63, 3.8) is 0 Å². The molecule has 2 heterocycles.